The fourth-order valence-corrected chi connectivity index (χ4v) is 2.05. The Bertz CT molecular complexity index is 754. The van der Waals surface area contributed by atoms with Crippen LogP contribution in [0, 0.1) is 5.92 Å². The Labute approximate surface area is 138 Å². The molecular weight excluding hydrogens is 312 g/mol. The number of carbonyl (C=O) groups excluding carboxylic acids is 1. The van der Waals surface area contributed by atoms with Gasteiger partial charge in [0, 0.05) is 12.4 Å². The third-order valence-electron chi connectivity index (χ3n) is 3.60. The predicted octanol–water partition coefficient (Wildman–Crippen LogP) is 1.22. The zero-order valence-electron chi connectivity index (χ0n) is 13.4. The highest BCUT2D eigenvalue weighted by Gasteiger charge is 2.18. The van der Waals surface area contributed by atoms with Crippen LogP contribution in [0.15, 0.2) is 28.9 Å². The number of carbonyl (C=O) groups is 2. The molecule has 2 rings (SSSR count). The maximum Gasteiger partial charge on any atom is 0.339 e. The number of nitrogens with two attached hydrogens (primary N) is 2. The molecule has 0 aromatic carbocycles. The van der Waals surface area contributed by atoms with E-state index in [4.69, 9.17) is 21.0 Å². The van der Waals surface area contributed by atoms with Gasteiger partial charge >= 0.3 is 5.97 Å². The number of hydrogen-bond donors (Lipinski definition) is 4. The van der Waals surface area contributed by atoms with Gasteiger partial charge in [-0.25, -0.2) is 4.79 Å². The molecule has 128 valence electrons. The number of pyridine rings is 1. The first-order valence-corrected chi connectivity index (χ1v) is 7.40. The van der Waals surface area contributed by atoms with Gasteiger partial charge < -0.3 is 26.3 Å². The lowest BCUT2D eigenvalue weighted by molar-refractivity contribution is -0.123. The second-order valence-corrected chi connectivity index (χ2v) is 5.71. The Balaban J connectivity index is 2.13. The van der Waals surface area contributed by atoms with Gasteiger partial charge in [-0.1, -0.05) is 13.8 Å². The van der Waals surface area contributed by atoms with Crippen LogP contribution in [0.5, 0.6) is 0 Å². The zero-order valence-corrected chi connectivity index (χ0v) is 13.4. The molecule has 1 atom stereocenters. The summed E-state index contributed by atoms with van der Waals surface area (Å²) in [5.74, 6) is -0.530. The van der Waals surface area contributed by atoms with Crippen molar-refractivity contribution < 1.29 is 19.1 Å². The van der Waals surface area contributed by atoms with Crippen molar-refractivity contribution in [3.05, 3.63) is 35.9 Å². The number of amides is 1. The third-order valence-corrected chi connectivity index (χ3v) is 3.60. The Morgan fingerprint density at radius 3 is 2.67 bits per heavy atom. The van der Waals surface area contributed by atoms with Gasteiger partial charge in [-0.05, 0) is 18.1 Å². The number of aromatic carboxylic acids is 1. The quantitative estimate of drug-likeness (QED) is 0.622. The van der Waals surface area contributed by atoms with Crippen molar-refractivity contribution >= 4 is 17.6 Å². The molecule has 0 radical (unpaired) electrons. The molecule has 0 aliphatic carbocycles. The molecule has 0 aliphatic rings. The first kappa shape index (κ1) is 17.5. The smallest absolute Gasteiger partial charge is 0.339 e. The van der Waals surface area contributed by atoms with Crippen LogP contribution in [-0.2, 0) is 11.3 Å². The largest absolute Gasteiger partial charge is 0.478 e. The molecule has 0 spiro atoms. The van der Waals surface area contributed by atoms with Crippen molar-refractivity contribution in [3.8, 4) is 11.3 Å². The third kappa shape index (κ3) is 3.72. The van der Waals surface area contributed by atoms with Crippen molar-refractivity contribution in [1.29, 1.82) is 0 Å². The van der Waals surface area contributed by atoms with Crippen LogP contribution in [0.1, 0.15) is 30.0 Å². The molecule has 0 unspecified atom stereocenters. The molecule has 0 aliphatic heterocycles. The average Bonchev–Trinajstić information content (AvgIpc) is 3.00. The normalized spacial score (nSPS) is 12.2. The van der Waals surface area contributed by atoms with E-state index < -0.39 is 12.0 Å². The molecular formula is C16H20N4O4. The van der Waals surface area contributed by atoms with E-state index in [1.54, 1.807) is 12.1 Å². The minimum absolute atomic E-state index is 0.0294. The maximum atomic E-state index is 11.8. The van der Waals surface area contributed by atoms with Crippen LogP contribution in [-0.4, -0.2) is 28.0 Å². The summed E-state index contributed by atoms with van der Waals surface area (Å²) in [6.07, 6.45) is 2.61. The number of nitrogens with zero attached hydrogens (tertiary/aromatic N) is 1. The van der Waals surface area contributed by atoms with Gasteiger partial charge in [0.2, 0.25) is 5.91 Å². The van der Waals surface area contributed by atoms with E-state index in [2.05, 4.69) is 10.3 Å². The first-order chi connectivity index (χ1) is 11.3. The molecule has 24 heavy (non-hydrogen) atoms. The minimum Gasteiger partial charge on any atom is -0.478 e. The summed E-state index contributed by atoms with van der Waals surface area (Å²) >= 11 is 0. The second-order valence-electron chi connectivity index (χ2n) is 5.71. The number of aromatic nitrogens is 1. The van der Waals surface area contributed by atoms with E-state index in [0.29, 0.717) is 17.1 Å². The summed E-state index contributed by atoms with van der Waals surface area (Å²) < 4.78 is 5.61. The van der Waals surface area contributed by atoms with Crippen LogP contribution in [0.2, 0.25) is 0 Å². The van der Waals surface area contributed by atoms with Crippen LogP contribution in [0.4, 0.5) is 5.69 Å². The number of rotatable bonds is 6. The van der Waals surface area contributed by atoms with Gasteiger partial charge in [0.25, 0.3) is 0 Å². The minimum atomic E-state index is -1.16. The Morgan fingerprint density at radius 2 is 2.04 bits per heavy atom. The highest BCUT2D eigenvalue weighted by molar-refractivity contribution is 5.97. The number of hydrogen-bond acceptors (Lipinski definition) is 6. The van der Waals surface area contributed by atoms with E-state index in [-0.39, 0.29) is 29.6 Å². The van der Waals surface area contributed by atoms with E-state index in [1.807, 2.05) is 13.8 Å². The molecule has 0 fully saturated rings. The lowest BCUT2D eigenvalue weighted by Crippen LogP contribution is -2.43. The molecule has 6 N–H and O–H groups in total. The molecule has 1 amide bonds. The van der Waals surface area contributed by atoms with Gasteiger partial charge in [-0.2, -0.15) is 0 Å². The zero-order chi connectivity index (χ0) is 17.9. The lowest BCUT2D eigenvalue weighted by Gasteiger charge is -2.14. The van der Waals surface area contributed by atoms with Crippen molar-refractivity contribution in [2.75, 3.05) is 5.73 Å². The van der Waals surface area contributed by atoms with Crippen LogP contribution in [0.25, 0.3) is 11.3 Å². The lowest BCUT2D eigenvalue weighted by atomic mass is 10.1. The Morgan fingerprint density at radius 1 is 1.33 bits per heavy atom. The van der Waals surface area contributed by atoms with Gasteiger partial charge in [-0.15, -0.1) is 0 Å². The summed E-state index contributed by atoms with van der Waals surface area (Å²) in [5.41, 5.74) is 12.0. The van der Waals surface area contributed by atoms with Gasteiger partial charge in [0.05, 0.1) is 23.8 Å². The number of carboxylic acids is 1. The van der Waals surface area contributed by atoms with Gasteiger partial charge in [-0.3, -0.25) is 9.78 Å². The number of nitrogens with one attached hydrogen (secondary N) is 1. The van der Waals surface area contributed by atoms with E-state index in [9.17, 15) is 9.59 Å². The number of nitrogen functional groups attached to an aromatic ring is 1. The first-order valence-electron chi connectivity index (χ1n) is 7.40. The SMILES string of the molecule is CC(C)[C@H](N)C(=O)NCc1ccc(-c2cncc(C(=O)O)c2N)o1. The standard InChI is InChI=1S/C16H20N4O4/c1-8(2)13(17)15(21)20-5-9-3-4-12(24-9)10-6-19-7-11(14(10)18)16(22)23/h3-4,6-8,13H,5,17H2,1-2H3,(H2,18,19)(H,20,21)(H,22,23)/t13-/m0/s1. The second kappa shape index (κ2) is 7.14. The van der Waals surface area contributed by atoms with Crippen molar-refractivity contribution in [2.24, 2.45) is 11.7 Å². The van der Waals surface area contributed by atoms with Crippen molar-refractivity contribution in [3.63, 3.8) is 0 Å². The topological polar surface area (TPSA) is 144 Å². The fraction of sp³-hybridized carbons (Fsp3) is 0.312. The molecule has 0 saturated heterocycles. The fourth-order valence-electron chi connectivity index (χ4n) is 2.05. The maximum absolute atomic E-state index is 11.8. The highest BCUT2D eigenvalue weighted by atomic mass is 16.4. The number of furan rings is 1. The molecule has 8 heteroatoms. The van der Waals surface area contributed by atoms with Crippen LogP contribution < -0.4 is 16.8 Å². The summed E-state index contributed by atoms with van der Waals surface area (Å²) in [6, 6.07) is 2.72. The molecule has 0 bridgehead atoms. The van der Waals surface area contributed by atoms with E-state index in [0.717, 1.165) is 0 Å². The van der Waals surface area contributed by atoms with Crippen LogP contribution >= 0.6 is 0 Å². The summed E-state index contributed by atoms with van der Waals surface area (Å²) in [7, 11) is 0. The average molecular weight is 332 g/mol. The summed E-state index contributed by atoms with van der Waals surface area (Å²) in [5, 5.41) is 11.8. The van der Waals surface area contributed by atoms with Crippen molar-refractivity contribution in [1.82, 2.24) is 10.3 Å². The van der Waals surface area contributed by atoms with Gasteiger partial charge in [0.1, 0.15) is 17.1 Å². The molecule has 0 saturated carbocycles. The molecule has 2 aromatic rings. The number of anilines is 1. The monoisotopic (exact) mass is 332 g/mol. The molecule has 8 nitrogen and oxygen atoms in total. The predicted molar refractivity (Wildman–Crippen MR) is 88.0 cm³/mol. The highest BCUT2D eigenvalue weighted by Crippen LogP contribution is 2.29. The van der Waals surface area contributed by atoms with Crippen LogP contribution in [0.3, 0.4) is 0 Å². The Kier molecular flexibility index (Phi) is 5.20. The van der Waals surface area contributed by atoms with Gasteiger partial charge in [0.15, 0.2) is 0 Å². The summed E-state index contributed by atoms with van der Waals surface area (Å²) in [4.78, 5) is 26.8. The van der Waals surface area contributed by atoms with Crippen molar-refractivity contribution in [2.45, 2.75) is 26.4 Å². The Hall–Kier alpha value is -2.87. The molecule has 2 heterocycles. The molecule has 2 aromatic heterocycles. The summed E-state index contributed by atoms with van der Waals surface area (Å²) in [6.45, 7) is 3.89. The number of carboxylic acid groups (broad SMARTS) is 1. The van der Waals surface area contributed by atoms with E-state index >= 15 is 0 Å². The van der Waals surface area contributed by atoms with E-state index in [1.165, 1.54) is 12.4 Å².